The molecule has 0 N–H and O–H groups in total. The molecule has 1 aliphatic rings. The maximum absolute atomic E-state index is 9.25. The van der Waals surface area contributed by atoms with Crippen molar-refractivity contribution in [3.63, 3.8) is 0 Å². The van der Waals surface area contributed by atoms with Gasteiger partial charge in [0.05, 0.1) is 25.7 Å². The fourth-order valence-corrected chi connectivity index (χ4v) is 2.29. The minimum atomic E-state index is -0.165. The second kappa shape index (κ2) is 4.67. The van der Waals surface area contributed by atoms with Gasteiger partial charge in [-0.15, -0.1) is 0 Å². The molecule has 0 bridgehead atoms. The smallest absolute Gasteiger partial charge is 0.125 e. The molecule has 0 atom stereocenters. The Labute approximate surface area is 102 Å². The molecule has 0 aliphatic heterocycles. The average Bonchev–Trinajstić information content (AvgIpc) is 2.34. The molecule has 0 spiro atoms. The molecule has 1 aliphatic carbocycles. The molecule has 17 heavy (non-hydrogen) atoms. The minimum Gasteiger partial charge on any atom is -0.497 e. The Morgan fingerprint density at radius 2 is 2.06 bits per heavy atom. The van der Waals surface area contributed by atoms with Crippen molar-refractivity contribution in [3.05, 3.63) is 23.8 Å². The Bertz CT molecular complexity index is 444. The van der Waals surface area contributed by atoms with Crippen molar-refractivity contribution in [2.45, 2.75) is 25.7 Å². The van der Waals surface area contributed by atoms with Gasteiger partial charge in [0.15, 0.2) is 0 Å². The summed E-state index contributed by atoms with van der Waals surface area (Å²) in [5.74, 6) is 1.59. The van der Waals surface area contributed by atoms with Crippen LogP contribution in [-0.2, 0) is 6.42 Å². The molecule has 90 valence electrons. The van der Waals surface area contributed by atoms with E-state index >= 15 is 0 Å². The van der Waals surface area contributed by atoms with Gasteiger partial charge in [-0.2, -0.15) is 5.26 Å². The summed E-state index contributed by atoms with van der Waals surface area (Å²) in [6, 6.07) is 8.24. The maximum Gasteiger partial charge on any atom is 0.125 e. The molecular weight excluding hydrogens is 214 g/mol. The summed E-state index contributed by atoms with van der Waals surface area (Å²) >= 11 is 0. The van der Waals surface area contributed by atoms with Crippen molar-refractivity contribution < 1.29 is 9.47 Å². The monoisotopic (exact) mass is 231 g/mol. The lowest BCUT2D eigenvalue weighted by atomic mass is 9.66. The van der Waals surface area contributed by atoms with Crippen molar-refractivity contribution in [2.75, 3.05) is 14.2 Å². The highest BCUT2D eigenvalue weighted by molar-refractivity contribution is 5.42. The highest BCUT2D eigenvalue weighted by atomic mass is 16.5. The predicted octanol–water partition coefficient (Wildman–Crippen LogP) is 2.94. The van der Waals surface area contributed by atoms with E-state index in [4.69, 9.17) is 9.47 Å². The van der Waals surface area contributed by atoms with E-state index in [2.05, 4.69) is 6.07 Å². The lowest BCUT2D eigenvalue weighted by Gasteiger charge is -2.35. The van der Waals surface area contributed by atoms with Gasteiger partial charge in [0.25, 0.3) is 0 Å². The van der Waals surface area contributed by atoms with Crippen molar-refractivity contribution in [2.24, 2.45) is 5.41 Å². The van der Waals surface area contributed by atoms with Gasteiger partial charge in [-0.3, -0.25) is 0 Å². The zero-order valence-corrected chi connectivity index (χ0v) is 10.3. The van der Waals surface area contributed by atoms with Crippen molar-refractivity contribution in [1.29, 1.82) is 5.26 Å². The third-order valence-electron chi connectivity index (χ3n) is 3.57. The van der Waals surface area contributed by atoms with Crippen molar-refractivity contribution in [3.8, 4) is 17.6 Å². The number of ether oxygens (including phenoxy) is 2. The molecule has 1 fully saturated rings. The van der Waals surface area contributed by atoms with Gasteiger partial charge < -0.3 is 9.47 Å². The van der Waals surface area contributed by atoms with Crippen molar-refractivity contribution in [1.82, 2.24) is 0 Å². The minimum absolute atomic E-state index is 0.165. The summed E-state index contributed by atoms with van der Waals surface area (Å²) in [6.45, 7) is 0. The number of methoxy groups -OCH3 is 2. The molecule has 0 heterocycles. The van der Waals surface area contributed by atoms with Crippen LogP contribution in [-0.4, -0.2) is 14.2 Å². The van der Waals surface area contributed by atoms with E-state index in [1.165, 1.54) is 0 Å². The van der Waals surface area contributed by atoms with Crippen LogP contribution in [0.4, 0.5) is 0 Å². The SMILES string of the molecule is COc1ccc(CC2(C#N)CCC2)c(OC)c1. The predicted molar refractivity (Wildman–Crippen MR) is 65.1 cm³/mol. The topological polar surface area (TPSA) is 42.2 Å². The second-order valence-electron chi connectivity index (χ2n) is 4.60. The quantitative estimate of drug-likeness (QED) is 0.800. The first-order valence-electron chi connectivity index (χ1n) is 5.85. The van der Waals surface area contributed by atoms with Crippen LogP contribution < -0.4 is 9.47 Å². The third-order valence-corrected chi connectivity index (χ3v) is 3.57. The van der Waals surface area contributed by atoms with Gasteiger partial charge in [-0.1, -0.05) is 12.5 Å². The molecule has 0 saturated heterocycles. The molecule has 1 aromatic carbocycles. The summed E-state index contributed by atoms with van der Waals surface area (Å²) < 4.78 is 10.5. The van der Waals surface area contributed by atoms with Crippen LogP contribution in [0.1, 0.15) is 24.8 Å². The Morgan fingerprint density at radius 1 is 1.29 bits per heavy atom. The number of hydrogen-bond donors (Lipinski definition) is 0. The summed E-state index contributed by atoms with van der Waals surface area (Å²) in [4.78, 5) is 0. The summed E-state index contributed by atoms with van der Waals surface area (Å²) in [6.07, 6.45) is 3.93. The molecule has 2 rings (SSSR count). The Kier molecular flexibility index (Phi) is 3.23. The molecule has 0 radical (unpaired) electrons. The largest absolute Gasteiger partial charge is 0.497 e. The molecular formula is C14H17NO2. The number of benzene rings is 1. The Morgan fingerprint density at radius 3 is 2.53 bits per heavy atom. The van der Waals surface area contributed by atoms with Gasteiger partial charge in [0.1, 0.15) is 11.5 Å². The molecule has 1 saturated carbocycles. The lowest BCUT2D eigenvalue weighted by Crippen LogP contribution is -2.30. The van der Waals surface area contributed by atoms with Crippen LogP contribution in [0, 0.1) is 16.7 Å². The summed E-state index contributed by atoms with van der Waals surface area (Å²) in [7, 11) is 3.29. The first-order chi connectivity index (χ1) is 8.23. The van der Waals surface area contributed by atoms with E-state index in [0.717, 1.165) is 42.7 Å². The standard InChI is InChI=1S/C14H17NO2/c1-16-12-5-4-11(13(8-12)17-2)9-14(10-15)6-3-7-14/h4-5,8H,3,6-7,9H2,1-2H3. The van der Waals surface area contributed by atoms with Crippen LogP contribution in [0.3, 0.4) is 0 Å². The van der Waals surface area contributed by atoms with Gasteiger partial charge >= 0.3 is 0 Å². The highest BCUT2D eigenvalue weighted by Crippen LogP contribution is 2.44. The van der Waals surface area contributed by atoms with Crippen LogP contribution in [0.15, 0.2) is 18.2 Å². The molecule has 1 aromatic rings. The van der Waals surface area contributed by atoms with E-state index in [1.54, 1.807) is 14.2 Å². The van der Waals surface area contributed by atoms with Crippen LogP contribution in [0.5, 0.6) is 11.5 Å². The van der Waals surface area contributed by atoms with Gasteiger partial charge in [-0.25, -0.2) is 0 Å². The number of hydrogen-bond acceptors (Lipinski definition) is 3. The fourth-order valence-electron chi connectivity index (χ4n) is 2.29. The van der Waals surface area contributed by atoms with Gasteiger partial charge in [-0.05, 0) is 30.9 Å². The zero-order valence-electron chi connectivity index (χ0n) is 10.3. The molecule has 0 unspecified atom stereocenters. The van der Waals surface area contributed by atoms with E-state index in [0.29, 0.717) is 0 Å². The molecule has 3 nitrogen and oxygen atoms in total. The van der Waals surface area contributed by atoms with Crippen LogP contribution in [0.2, 0.25) is 0 Å². The fraction of sp³-hybridized carbons (Fsp3) is 0.500. The normalized spacial score (nSPS) is 16.8. The summed E-state index contributed by atoms with van der Waals surface area (Å²) in [5.41, 5.74) is 0.927. The Balaban J connectivity index is 2.23. The number of rotatable bonds is 4. The molecule has 0 aromatic heterocycles. The van der Waals surface area contributed by atoms with Crippen molar-refractivity contribution >= 4 is 0 Å². The first-order valence-corrected chi connectivity index (χ1v) is 5.85. The molecule has 0 amide bonds. The summed E-state index contributed by atoms with van der Waals surface area (Å²) in [5, 5.41) is 9.25. The van der Waals surface area contributed by atoms with E-state index in [-0.39, 0.29) is 5.41 Å². The highest BCUT2D eigenvalue weighted by Gasteiger charge is 2.37. The van der Waals surface area contributed by atoms with E-state index in [1.807, 2.05) is 18.2 Å². The average molecular weight is 231 g/mol. The molecule has 3 heteroatoms. The number of nitrogens with zero attached hydrogens (tertiary/aromatic N) is 1. The maximum atomic E-state index is 9.25. The Hall–Kier alpha value is -1.69. The van der Waals surface area contributed by atoms with E-state index in [9.17, 15) is 5.26 Å². The van der Waals surface area contributed by atoms with E-state index < -0.39 is 0 Å². The third kappa shape index (κ3) is 2.21. The lowest BCUT2D eigenvalue weighted by molar-refractivity contribution is 0.212. The van der Waals surface area contributed by atoms with Crippen LogP contribution in [0.25, 0.3) is 0 Å². The van der Waals surface area contributed by atoms with Gasteiger partial charge in [0.2, 0.25) is 0 Å². The zero-order chi connectivity index (χ0) is 12.3. The van der Waals surface area contributed by atoms with Crippen LogP contribution >= 0.6 is 0 Å². The first kappa shape index (κ1) is 11.8. The van der Waals surface area contributed by atoms with Gasteiger partial charge in [0, 0.05) is 6.07 Å². The number of nitriles is 1. The second-order valence-corrected chi connectivity index (χ2v) is 4.60.